The number of hydrogen-bond donors (Lipinski definition) is 5. The molecule has 9 aromatic rings. The van der Waals surface area contributed by atoms with E-state index >= 15 is 0 Å². The predicted octanol–water partition coefficient (Wildman–Crippen LogP) is 5.02. The van der Waals surface area contributed by atoms with Gasteiger partial charge in [0.25, 0.3) is 0 Å². The Morgan fingerprint density at radius 2 is 0.811 bits per heavy atom. The SMILES string of the molecule is C=Nc1[n-]c(N=C2N=C(N=C3[N-]C(=NC4=NCc5ccccc54)c4ccccc43)c3ccccc32)c2ccccc12.CN(C)CCCNCCCN(C)C.CNc1n[c-]n[c-]n1.CNc1n[c-]n[c-]n1.CNc1n[c-]n[c-]n1.CNc1n[c-]n[c-]n1.[Cu+2].[Y].[Y].[Y].[Y].[Y].[Y].[Y].[Y]. The fraction of sp³-hybridized carbons (Fsp3) is 0.254. The second kappa shape index (κ2) is 56.3. The van der Waals surface area contributed by atoms with Gasteiger partial charge in [-0.1, -0.05) is 104 Å². The van der Waals surface area contributed by atoms with E-state index in [0.717, 1.165) is 51.7 Å². The topological polar surface area (TPSA) is 324 Å². The standard InChI is InChI=1S/C33H20N8.C10H25N3.4C4H4N4.Cu.8Y/c1-34-27-21-12-4-5-13-22(21)29(36-27)38-31-25-16-8-9-17-26(25)33(40-31)41-32-24-15-7-6-14-23(24)30(39-32)37-28-20-11-3-2-10-19(20)18-35-28;1-12(2)9-5-7-11-8-6-10-13(3)4;4*1-5-4-7-2-6-3-8-4;;;;;;;;;/h2-17H,1,18H2;11H,5-10H2,1-4H3;4*1H3,(H,5,6,7,8);;;;;;;;;/q-2;;4*-2;+2;;;;;;;;. The largest absolute Gasteiger partial charge is 2.00 e. The van der Waals surface area contributed by atoms with Gasteiger partial charge in [-0.15, -0.1) is 0 Å². The Morgan fingerprint density at radius 1 is 0.453 bits per heavy atom. The third kappa shape index (κ3) is 33.1. The Labute approximate surface area is 767 Å². The van der Waals surface area contributed by atoms with E-state index in [2.05, 4.69) is 203 Å². The number of aromatic nitrogens is 13. The third-order valence-electron chi connectivity index (χ3n) is 11.8. The number of fused-ring (bicyclic) bond motifs is 4. The molecule has 8 heterocycles. The molecule has 12 rings (SSSR count). The van der Waals surface area contributed by atoms with Gasteiger partial charge in [0.15, 0.2) is 0 Å². The van der Waals surface area contributed by atoms with E-state index in [1.165, 1.54) is 31.5 Å². The number of benzene rings is 4. The number of hydrogen-bond acceptors (Lipinski definition) is 24. The van der Waals surface area contributed by atoms with Gasteiger partial charge in [-0.05, 0) is 147 Å². The maximum Gasteiger partial charge on any atom is 2.00 e. The first-order chi connectivity index (χ1) is 42.1. The molecule has 3 aliphatic rings. The molecule has 0 aliphatic carbocycles. The molecule has 4 aromatic carbocycles. The van der Waals surface area contributed by atoms with E-state index in [-0.39, 0.29) is 279 Å². The molecule has 95 heavy (non-hydrogen) atoms. The molecule has 0 fully saturated rings. The van der Waals surface area contributed by atoms with Gasteiger partial charge in [-0.3, -0.25) is 4.99 Å². The first kappa shape index (κ1) is 97.9. The van der Waals surface area contributed by atoms with E-state index < -0.39 is 0 Å². The third-order valence-corrected chi connectivity index (χ3v) is 11.8. The van der Waals surface area contributed by atoms with Crippen LogP contribution in [0.25, 0.3) is 16.1 Å². The van der Waals surface area contributed by atoms with Crippen LogP contribution in [0.4, 0.5) is 35.4 Å². The van der Waals surface area contributed by atoms with E-state index in [1.807, 2.05) is 91.0 Å². The Bertz CT molecular complexity index is 3540. The minimum Gasteiger partial charge on any atom is -0.505 e. The summed E-state index contributed by atoms with van der Waals surface area (Å²) in [5.41, 5.74) is 5.77. The monoisotopic (exact) mass is 1920 g/mol. The average Bonchev–Trinajstić information content (AvgIpc) is 1.63. The van der Waals surface area contributed by atoms with Crippen molar-refractivity contribution in [1.29, 1.82) is 0 Å². The minimum atomic E-state index is 0. The van der Waals surface area contributed by atoms with Crippen LogP contribution in [0.15, 0.2) is 127 Å². The Kier molecular flexibility index (Phi) is 58.0. The molecule has 0 bridgehead atoms. The molecule has 9 radical (unpaired) electrons. The number of nitrogens with zero attached hydrogens (tertiary/aromatic N) is 22. The van der Waals surface area contributed by atoms with Gasteiger partial charge in [-0.2, -0.15) is 50.6 Å². The zero-order chi connectivity index (χ0) is 60.7. The van der Waals surface area contributed by atoms with Crippen molar-refractivity contribution in [2.45, 2.75) is 19.4 Å². The van der Waals surface area contributed by atoms with Crippen molar-refractivity contribution in [3.63, 3.8) is 0 Å². The van der Waals surface area contributed by atoms with Gasteiger partial charge in [-0.25, -0.2) is 4.99 Å². The fourth-order valence-electron chi connectivity index (χ4n) is 7.73. The van der Waals surface area contributed by atoms with Crippen molar-refractivity contribution >= 4 is 82.1 Å². The van der Waals surface area contributed by atoms with Crippen LogP contribution in [0.3, 0.4) is 0 Å². The first-order valence-electron chi connectivity index (χ1n) is 26.7. The first-order valence-corrected chi connectivity index (χ1v) is 26.7. The van der Waals surface area contributed by atoms with Crippen LogP contribution in [-0.2, 0) is 285 Å². The van der Waals surface area contributed by atoms with Crippen LogP contribution in [-0.4, -0.2) is 188 Å². The molecular formula is C59H61CuN27Y8-8. The molecule has 0 saturated heterocycles. The summed E-state index contributed by atoms with van der Waals surface area (Å²) in [5.74, 6) is 5.96. The maximum absolute atomic E-state index is 4.95. The van der Waals surface area contributed by atoms with Crippen LogP contribution in [0.5, 0.6) is 0 Å². The van der Waals surface area contributed by atoms with E-state index in [4.69, 9.17) is 25.3 Å². The van der Waals surface area contributed by atoms with E-state index in [1.54, 1.807) is 28.2 Å². The molecule has 0 amide bonds. The molecule has 5 aromatic heterocycles. The Balaban J connectivity index is -0.00000129. The van der Waals surface area contributed by atoms with Gasteiger partial charge in [0.1, 0.15) is 0 Å². The minimum absolute atomic E-state index is 0. The summed E-state index contributed by atoms with van der Waals surface area (Å²) in [5, 5.41) is 20.9. The van der Waals surface area contributed by atoms with Crippen LogP contribution in [0.1, 0.15) is 46.2 Å². The summed E-state index contributed by atoms with van der Waals surface area (Å²) in [4.78, 5) is 79.7. The average molecular weight is 1920 g/mol. The zero-order valence-corrected chi connectivity index (χ0v) is 77.3. The summed E-state index contributed by atoms with van der Waals surface area (Å²) in [6.45, 7) is 8.94. The summed E-state index contributed by atoms with van der Waals surface area (Å²) in [6, 6.07) is 31.9. The smallest absolute Gasteiger partial charge is 0.505 e. The Morgan fingerprint density at radius 3 is 1.20 bits per heavy atom. The van der Waals surface area contributed by atoms with Gasteiger partial charge < -0.3 is 126 Å². The molecule has 0 saturated carbocycles. The fourth-order valence-corrected chi connectivity index (χ4v) is 7.73. The number of rotatable bonds is 14. The molecule has 3 aliphatic heterocycles. The summed E-state index contributed by atoms with van der Waals surface area (Å²) in [6.07, 6.45) is 21.1. The van der Waals surface area contributed by atoms with Gasteiger partial charge in [0.2, 0.25) is 0 Å². The van der Waals surface area contributed by atoms with E-state index in [9.17, 15) is 0 Å². The van der Waals surface area contributed by atoms with Crippen molar-refractivity contribution in [3.05, 3.63) is 186 Å². The van der Waals surface area contributed by atoms with Gasteiger partial charge >= 0.3 is 17.1 Å². The van der Waals surface area contributed by atoms with Crippen LogP contribution in [0.2, 0.25) is 0 Å². The summed E-state index contributed by atoms with van der Waals surface area (Å²) >= 11 is 0. The van der Waals surface area contributed by atoms with Gasteiger partial charge in [0, 0.05) is 302 Å². The van der Waals surface area contributed by atoms with Crippen molar-refractivity contribution in [1.82, 2.24) is 79.9 Å². The normalized spacial score (nSPS) is 12.2. The van der Waals surface area contributed by atoms with Crippen molar-refractivity contribution in [3.8, 4) is 0 Å². The number of aliphatic imine (C=N–C) groups is 6. The molecule has 27 nitrogen and oxygen atoms in total. The predicted molar refractivity (Wildman–Crippen MR) is 333 cm³/mol. The van der Waals surface area contributed by atoms with Crippen LogP contribution < -0.4 is 31.6 Å². The summed E-state index contributed by atoms with van der Waals surface area (Å²) in [7, 11) is 15.3. The number of anilines is 4. The molecule has 0 atom stereocenters. The van der Waals surface area contributed by atoms with Crippen LogP contribution >= 0.6 is 0 Å². The molecular weight excluding hydrogens is 1860 g/mol. The van der Waals surface area contributed by atoms with E-state index in [0.29, 0.717) is 71.2 Å². The quantitative estimate of drug-likeness (QED) is 0.0413. The molecule has 36 heteroatoms. The van der Waals surface area contributed by atoms with Crippen molar-refractivity contribution in [2.24, 2.45) is 30.0 Å². The molecule has 475 valence electrons. The van der Waals surface area contributed by atoms with Crippen molar-refractivity contribution in [2.75, 3.05) is 104 Å². The zero-order valence-electron chi connectivity index (χ0n) is 53.7. The second-order valence-electron chi connectivity index (χ2n) is 18.2. The Hall–Kier alpha value is -1.29. The summed E-state index contributed by atoms with van der Waals surface area (Å²) < 4.78 is 0. The second-order valence-corrected chi connectivity index (χ2v) is 18.2. The maximum atomic E-state index is 4.95. The molecule has 0 spiro atoms. The van der Waals surface area contributed by atoms with Crippen LogP contribution in [0, 0.1) is 50.6 Å². The molecule has 0 unspecified atom stereocenters. The number of amidine groups is 5. The van der Waals surface area contributed by atoms with Gasteiger partial charge in [0.05, 0.1) is 24.1 Å². The number of nitrogens with one attached hydrogen (secondary N) is 5. The molecule has 5 N–H and O–H groups in total. The van der Waals surface area contributed by atoms with Crippen molar-refractivity contribution < 1.29 is 279 Å².